The van der Waals surface area contributed by atoms with Crippen LogP contribution in [0.5, 0.6) is 5.75 Å². The number of nitriles is 1. The minimum atomic E-state index is -0.141. The van der Waals surface area contributed by atoms with Gasteiger partial charge in [0.2, 0.25) is 0 Å². The van der Waals surface area contributed by atoms with Gasteiger partial charge in [-0.05, 0) is 45.8 Å². The van der Waals surface area contributed by atoms with E-state index in [-0.39, 0.29) is 12.5 Å². The van der Waals surface area contributed by atoms with Crippen LogP contribution in [-0.2, 0) is 11.3 Å². The zero-order chi connectivity index (χ0) is 14.8. The van der Waals surface area contributed by atoms with Gasteiger partial charge >= 0.3 is 0 Å². The first-order chi connectivity index (χ1) is 10.2. The average Bonchev–Trinajstić information content (AvgIpc) is 2.51. The maximum Gasteiger partial charge on any atom is 0.266 e. The molecule has 0 unspecified atom stereocenters. The van der Waals surface area contributed by atoms with Crippen molar-refractivity contribution in [1.29, 1.82) is 5.26 Å². The van der Waals surface area contributed by atoms with E-state index in [9.17, 15) is 4.79 Å². The third-order valence-corrected chi connectivity index (χ3v) is 3.58. The normalized spacial score (nSPS) is 13.3. The molecule has 2 heterocycles. The van der Waals surface area contributed by atoms with Crippen molar-refractivity contribution in [2.45, 2.75) is 6.54 Å². The predicted molar refractivity (Wildman–Crippen MR) is 79.8 cm³/mol. The summed E-state index contributed by atoms with van der Waals surface area (Å²) in [7, 11) is 0. The monoisotopic (exact) mass is 343 g/mol. The van der Waals surface area contributed by atoms with E-state index in [1.54, 1.807) is 29.2 Å². The van der Waals surface area contributed by atoms with E-state index >= 15 is 0 Å². The fourth-order valence-electron chi connectivity index (χ4n) is 2.08. The second kappa shape index (κ2) is 5.54. The summed E-state index contributed by atoms with van der Waals surface area (Å²) >= 11 is 3.30. The maximum absolute atomic E-state index is 12.1. The zero-order valence-electron chi connectivity index (χ0n) is 10.9. The van der Waals surface area contributed by atoms with Gasteiger partial charge in [-0.15, -0.1) is 0 Å². The molecule has 1 aliphatic rings. The van der Waals surface area contributed by atoms with Crippen LogP contribution in [0.3, 0.4) is 0 Å². The Morgan fingerprint density at radius 1 is 1.29 bits per heavy atom. The van der Waals surface area contributed by atoms with Crippen LogP contribution in [0, 0.1) is 11.3 Å². The summed E-state index contributed by atoms with van der Waals surface area (Å²) in [5.41, 5.74) is 1.52. The molecule has 0 fully saturated rings. The Morgan fingerprint density at radius 2 is 2.05 bits per heavy atom. The highest BCUT2D eigenvalue weighted by Gasteiger charge is 2.27. The van der Waals surface area contributed by atoms with Crippen LogP contribution in [0.4, 0.5) is 5.82 Å². The molecule has 0 bridgehead atoms. The Morgan fingerprint density at radius 3 is 2.76 bits per heavy atom. The van der Waals surface area contributed by atoms with Crippen LogP contribution in [-0.4, -0.2) is 17.5 Å². The second-order valence-corrected chi connectivity index (χ2v) is 5.35. The minimum absolute atomic E-state index is 0.00654. The molecule has 0 N–H and O–H groups in total. The highest BCUT2D eigenvalue weighted by atomic mass is 79.9. The third-order valence-electron chi connectivity index (χ3n) is 3.14. The van der Waals surface area contributed by atoms with Gasteiger partial charge in [0, 0.05) is 0 Å². The van der Waals surface area contributed by atoms with Crippen molar-refractivity contribution in [3.8, 4) is 11.8 Å². The van der Waals surface area contributed by atoms with Gasteiger partial charge in [-0.1, -0.05) is 12.1 Å². The molecule has 3 rings (SSSR count). The predicted octanol–water partition coefficient (Wildman–Crippen LogP) is 2.64. The van der Waals surface area contributed by atoms with Crippen molar-refractivity contribution in [1.82, 2.24) is 4.98 Å². The molecule has 2 aromatic rings. The molecular weight excluding hydrogens is 334 g/mol. The number of benzene rings is 1. The van der Waals surface area contributed by atoms with E-state index in [1.807, 2.05) is 12.1 Å². The molecule has 0 atom stereocenters. The molecule has 0 spiro atoms. The van der Waals surface area contributed by atoms with Crippen molar-refractivity contribution in [3.05, 3.63) is 52.1 Å². The number of hydrogen-bond donors (Lipinski definition) is 0. The quantitative estimate of drug-likeness (QED) is 0.786. The van der Waals surface area contributed by atoms with Crippen molar-refractivity contribution >= 4 is 27.7 Å². The summed E-state index contributed by atoms with van der Waals surface area (Å²) in [4.78, 5) is 18.0. The SMILES string of the molecule is N#Cc1ccc(CN2C(=O)COc3ccc(Br)nc32)cc1. The number of hydrogen-bond acceptors (Lipinski definition) is 4. The number of carbonyl (C=O) groups excluding carboxylic acids is 1. The Labute approximate surface area is 129 Å². The van der Waals surface area contributed by atoms with E-state index in [4.69, 9.17) is 10.00 Å². The first-order valence-electron chi connectivity index (χ1n) is 6.26. The fraction of sp³-hybridized carbons (Fsp3) is 0.133. The summed E-state index contributed by atoms with van der Waals surface area (Å²) in [6.45, 7) is 0.400. The van der Waals surface area contributed by atoms with Crippen molar-refractivity contribution in [3.63, 3.8) is 0 Å². The van der Waals surface area contributed by atoms with Gasteiger partial charge in [0.15, 0.2) is 18.2 Å². The summed E-state index contributed by atoms with van der Waals surface area (Å²) in [5, 5.41) is 8.81. The number of carbonyl (C=O) groups is 1. The molecule has 5 nitrogen and oxygen atoms in total. The molecule has 1 aliphatic heterocycles. The largest absolute Gasteiger partial charge is 0.480 e. The number of fused-ring (bicyclic) bond motifs is 1. The summed E-state index contributed by atoms with van der Waals surface area (Å²) in [5.74, 6) is 0.953. The molecule has 1 amide bonds. The Hall–Kier alpha value is -2.39. The van der Waals surface area contributed by atoms with Crippen molar-refractivity contribution < 1.29 is 9.53 Å². The number of pyridine rings is 1. The third kappa shape index (κ3) is 2.73. The highest BCUT2D eigenvalue weighted by molar-refractivity contribution is 9.10. The number of halogens is 1. The second-order valence-electron chi connectivity index (χ2n) is 4.53. The number of amides is 1. The van der Waals surface area contributed by atoms with Crippen LogP contribution in [0.2, 0.25) is 0 Å². The molecule has 0 saturated heterocycles. The van der Waals surface area contributed by atoms with E-state index in [1.165, 1.54) is 0 Å². The summed E-state index contributed by atoms with van der Waals surface area (Å²) in [6, 6.07) is 12.8. The molecule has 1 aromatic carbocycles. The fourth-order valence-corrected chi connectivity index (χ4v) is 2.38. The summed E-state index contributed by atoms with van der Waals surface area (Å²) < 4.78 is 6.02. The number of ether oxygens (including phenoxy) is 1. The van der Waals surface area contributed by atoms with Crippen LogP contribution in [0.25, 0.3) is 0 Å². The molecular formula is C15H10BrN3O2. The lowest BCUT2D eigenvalue weighted by Crippen LogP contribution is -2.38. The molecule has 6 heteroatoms. The average molecular weight is 344 g/mol. The van der Waals surface area contributed by atoms with E-state index < -0.39 is 0 Å². The highest BCUT2D eigenvalue weighted by Crippen LogP contribution is 2.32. The molecule has 104 valence electrons. The lowest BCUT2D eigenvalue weighted by atomic mass is 10.1. The van der Waals surface area contributed by atoms with Crippen LogP contribution < -0.4 is 9.64 Å². The minimum Gasteiger partial charge on any atom is -0.480 e. The van der Waals surface area contributed by atoms with Gasteiger partial charge in [0.25, 0.3) is 5.91 Å². The van der Waals surface area contributed by atoms with Gasteiger partial charge in [-0.2, -0.15) is 5.26 Å². The van der Waals surface area contributed by atoms with Gasteiger partial charge in [0.1, 0.15) is 4.60 Å². The Kier molecular flexibility index (Phi) is 3.59. The Balaban J connectivity index is 1.92. The lowest BCUT2D eigenvalue weighted by Gasteiger charge is -2.28. The van der Waals surface area contributed by atoms with E-state index in [2.05, 4.69) is 27.0 Å². The first kappa shape index (κ1) is 13.6. The summed E-state index contributed by atoms with van der Waals surface area (Å²) in [6.07, 6.45) is 0. The van der Waals surface area contributed by atoms with Crippen LogP contribution >= 0.6 is 15.9 Å². The lowest BCUT2D eigenvalue weighted by molar-refractivity contribution is -0.121. The first-order valence-corrected chi connectivity index (χ1v) is 7.05. The van der Waals surface area contributed by atoms with Gasteiger partial charge in [-0.3, -0.25) is 9.69 Å². The number of rotatable bonds is 2. The van der Waals surface area contributed by atoms with Gasteiger partial charge < -0.3 is 4.74 Å². The smallest absolute Gasteiger partial charge is 0.266 e. The van der Waals surface area contributed by atoms with Crippen molar-refractivity contribution in [2.24, 2.45) is 0 Å². The zero-order valence-corrected chi connectivity index (χ0v) is 12.5. The van der Waals surface area contributed by atoms with Crippen molar-refractivity contribution in [2.75, 3.05) is 11.5 Å². The molecule has 21 heavy (non-hydrogen) atoms. The topological polar surface area (TPSA) is 66.2 Å². The molecule has 0 saturated carbocycles. The van der Waals surface area contributed by atoms with E-state index in [0.29, 0.717) is 28.3 Å². The number of nitrogens with zero attached hydrogens (tertiary/aromatic N) is 3. The molecule has 0 radical (unpaired) electrons. The molecule has 0 aliphatic carbocycles. The van der Waals surface area contributed by atoms with E-state index in [0.717, 1.165) is 5.56 Å². The van der Waals surface area contributed by atoms with Gasteiger partial charge in [0.05, 0.1) is 18.2 Å². The van der Waals surface area contributed by atoms with Gasteiger partial charge in [-0.25, -0.2) is 4.98 Å². The van der Waals surface area contributed by atoms with Crippen LogP contribution in [0.15, 0.2) is 41.0 Å². The van der Waals surface area contributed by atoms with Crippen LogP contribution in [0.1, 0.15) is 11.1 Å². The number of aromatic nitrogens is 1. The standard InChI is InChI=1S/C15H10BrN3O2/c16-13-6-5-12-15(18-13)19(14(20)9-21-12)8-11-3-1-10(7-17)2-4-11/h1-6H,8-9H2. The maximum atomic E-state index is 12.1. The number of anilines is 1. The Bertz CT molecular complexity index is 738. The molecule has 1 aromatic heterocycles.